The van der Waals surface area contributed by atoms with Crippen molar-refractivity contribution in [2.24, 2.45) is 0 Å². The Hall–Kier alpha value is -1.68. The zero-order chi connectivity index (χ0) is 13.0. The summed E-state index contributed by atoms with van der Waals surface area (Å²) >= 11 is 3.33. The molecule has 0 aliphatic carbocycles. The van der Waals surface area contributed by atoms with E-state index in [1.54, 1.807) is 6.07 Å². The van der Waals surface area contributed by atoms with Crippen LogP contribution in [0.25, 0.3) is 6.08 Å². The molecule has 92 valence electrons. The monoisotopic (exact) mass is 304 g/mol. The second-order valence-corrected chi connectivity index (χ2v) is 4.53. The number of hydrogen-bond acceptors (Lipinski definition) is 3. The minimum atomic E-state index is 0.534. The topological polar surface area (TPSA) is 35.0 Å². The molecule has 0 fully saturated rings. The Morgan fingerprint density at radius 3 is 2.72 bits per heavy atom. The molecule has 0 spiro atoms. The van der Waals surface area contributed by atoms with Gasteiger partial charge in [0.05, 0.1) is 0 Å². The molecule has 0 unspecified atom stereocenters. The van der Waals surface area contributed by atoms with E-state index in [1.807, 2.05) is 50.3 Å². The van der Waals surface area contributed by atoms with Gasteiger partial charge in [0.25, 0.3) is 0 Å². The van der Waals surface area contributed by atoms with Gasteiger partial charge in [-0.05, 0) is 35.8 Å². The van der Waals surface area contributed by atoms with Crippen LogP contribution in [0.15, 0.2) is 41.0 Å². The highest BCUT2D eigenvalue weighted by Crippen LogP contribution is 2.26. The molecule has 2 aromatic rings. The summed E-state index contributed by atoms with van der Waals surface area (Å²) in [7, 11) is 0. The maximum absolute atomic E-state index is 5.79. The maximum atomic E-state index is 5.79. The first kappa shape index (κ1) is 12.8. The first-order valence-electron chi connectivity index (χ1n) is 5.60. The number of aryl methyl sites for hydroxylation is 1. The zero-order valence-electron chi connectivity index (χ0n) is 10.2. The lowest BCUT2D eigenvalue weighted by Crippen LogP contribution is -1.94. The fourth-order valence-electron chi connectivity index (χ4n) is 1.56. The van der Waals surface area contributed by atoms with Crippen LogP contribution in [0.3, 0.4) is 0 Å². The number of benzene rings is 1. The van der Waals surface area contributed by atoms with Crippen LogP contribution in [0.4, 0.5) is 0 Å². The van der Waals surface area contributed by atoms with Gasteiger partial charge >= 0.3 is 0 Å². The van der Waals surface area contributed by atoms with Crippen LogP contribution in [0, 0.1) is 6.92 Å². The van der Waals surface area contributed by atoms with E-state index >= 15 is 0 Å². The number of halogens is 1. The van der Waals surface area contributed by atoms with E-state index < -0.39 is 0 Å². The van der Waals surface area contributed by atoms with Crippen molar-refractivity contribution in [1.29, 1.82) is 0 Å². The normalized spacial score (nSPS) is 10.8. The number of ether oxygens (including phenoxy) is 1. The summed E-state index contributed by atoms with van der Waals surface area (Å²) in [5.74, 6) is 1.98. The predicted octanol–water partition coefficient (Wildman–Crippen LogP) is 4.37. The molecule has 0 N–H and O–H groups in total. The first-order valence-corrected chi connectivity index (χ1v) is 6.39. The van der Waals surface area contributed by atoms with Gasteiger partial charge in [0, 0.05) is 11.6 Å². The zero-order valence-corrected chi connectivity index (χ0v) is 11.8. The van der Waals surface area contributed by atoms with E-state index in [1.165, 1.54) is 0 Å². The molecule has 1 heterocycles. The third-order valence-corrected chi connectivity index (χ3v) is 2.67. The lowest BCUT2D eigenvalue weighted by atomic mass is 10.2. The van der Waals surface area contributed by atoms with Crippen LogP contribution in [0.1, 0.15) is 18.3 Å². The summed E-state index contributed by atoms with van der Waals surface area (Å²) in [5.41, 5.74) is 1.02. The smallest absolute Gasteiger partial charge is 0.223 e. The van der Waals surface area contributed by atoms with E-state index in [2.05, 4.69) is 25.9 Å². The average Bonchev–Trinajstić information content (AvgIpc) is 2.30. The van der Waals surface area contributed by atoms with Gasteiger partial charge in [-0.1, -0.05) is 30.4 Å². The number of aromatic nitrogens is 2. The molecule has 0 aliphatic rings. The molecule has 0 saturated carbocycles. The number of allylic oxidation sites excluding steroid dienone is 1. The Kier molecular flexibility index (Phi) is 4.10. The van der Waals surface area contributed by atoms with Crippen molar-refractivity contribution in [3.8, 4) is 11.6 Å². The van der Waals surface area contributed by atoms with Crippen LogP contribution >= 0.6 is 15.9 Å². The largest absolute Gasteiger partial charge is 0.438 e. The highest BCUT2D eigenvalue weighted by atomic mass is 79.9. The summed E-state index contributed by atoms with van der Waals surface area (Å²) in [4.78, 5) is 8.39. The van der Waals surface area contributed by atoms with E-state index in [0.717, 1.165) is 11.3 Å². The Labute approximate surface area is 115 Å². The molecule has 1 aromatic carbocycles. The van der Waals surface area contributed by atoms with Crippen molar-refractivity contribution in [2.75, 3.05) is 0 Å². The quantitative estimate of drug-likeness (QED) is 0.790. The van der Waals surface area contributed by atoms with Gasteiger partial charge < -0.3 is 4.74 Å². The van der Waals surface area contributed by atoms with E-state index in [4.69, 9.17) is 4.74 Å². The molecular weight excluding hydrogens is 292 g/mol. The molecule has 0 amide bonds. The third kappa shape index (κ3) is 3.17. The van der Waals surface area contributed by atoms with Crippen molar-refractivity contribution in [1.82, 2.24) is 9.97 Å². The standard InChI is InChI=1S/C14H13BrN2O/c1-3-6-11-7-4-5-8-12(11)18-14-9-13(15)16-10(2)17-14/h3-9H,1-2H3/b6-3+. The second kappa shape index (κ2) is 5.78. The molecule has 3 nitrogen and oxygen atoms in total. The first-order chi connectivity index (χ1) is 8.69. The van der Waals surface area contributed by atoms with Gasteiger partial charge in [0.15, 0.2) is 0 Å². The number of hydrogen-bond donors (Lipinski definition) is 0. The van der Waals surface area contributed by atoms with Crippen molar-refractivity contribution in [2.45, 2.75) is 13.8 Å². The molecule has 4 heteroatoms. The van der Waals surface area contributed by atoms with Crippen molar-refractivity contribution < 1.29 is 4.74 Å². The van der Waals surface area contributed by atoms with Gasteiger partial charge in [-0.25, -0.2) is 4.98 Å². The number of nitrogens with zero attached hydrogens (tertiary/aromatic N) is 2. The third-order valence-electron chi connectivity index (χ3n) is 2.26. The summed E-state index contributed by atoms with van der Waals surface area (Å²) in [6.07, 6.45) is 3.97. The fourth-order valence-corrected chi connectivity index (χ4v) is 2.01. The van der Waals surface area contributed by atoms with Gasteiger partial charge in [-0.15, -0.1) is 0 Å². The highest BCUT2D eigenvalue weighted by Gasteiger charge is 2.05. The summed E-state index contributed by atoms with van der Waals surface area (Å²) < 4.78 is 6.51. The van der Waals surface area contributed by atoms with Crippen LogP contribution in [-0.4, -0.2) is 9.97 Å². The Morgan fingerprint density at radius 2 is 2.00 bits per heavy atom. The molecule has 0 saturated heterocycles. The number of rotatable bonds is 3. The van der Waals surface area contributed by atoms with Crippen molar-refractivity contribution in [3.63, 3.8) is 0 Å². The maximum Gasteiger partial charge on any atom is 0.223 e. The Bertz CT molecular complexity index is 562. The molecule has 0 bridgehead atoms. The van der Waals surface area contributed by atoms with E-state index in [-0.39, 0.29) is 0 Å². The minimum Gasteiger partial charge on any atom is -0.438 e. The van der Waals surface area contributed by atoms with Gasteiger partial charge in [0.1, 0.15) is 16.2 Å². The second-order valence-electron chi connectivity index (χ2n) is 3.72. The lowest BCUT2D eigenvalue weighted by molar-refractivity contribution is 0.458. The molecule has 18 heavy (non-hydrogen) atoms. The molecule has 0 aliphatic heterocycles. The summed E-state index contributed by atoms with van der Waals surface area (Å²) in [6.45, 7) is 3.80. The van der Waals surface area contributed by atoms with Gasteiger partial charge in [0.2, 0.25) is 5.88 Å². The minimum absolute atomic E-state index is 0.534. The highest BCUT2D eigenvalue weighted by molar-refractivity contribution is 9.10. The molecule has 1 aromatic heterocycles. The van der Waals surface area contributed by atoms with Crippen molar-refractivity contribution in [3.05, 3.63) is 52.4 Å². The molecule has 2 rings (SSSR count). The summed E-state index contributed by atoms with van der Waals surface area (Å²) in [5, 5.41) is 0. The molecule has 0 atom stereocenters. The summed E-state index contributed by atoms with van der Waals surface area (Å²) in [6, 6.07) is 9.58. The fraction of sp³-hybridized carbons (Fsp3) is 0.143. The molecular formula is C14H13BrN2O. The van der Waals surface area contributed by atoms with Crippen LogP contribution in [-0.2, 0) is 0 Å². The Morgan fingerprint density at radius 1 is 1.22 bits per heavy atom. The van der Waals surface area contributed by atoms with Crippen molar-refractivity contribution >= 4 is 22.0 Å². The average molecular weight is 305 g/mol. The van der Waals surface area contributed by atoms with Crippen LogP contribution in [0.2, 0.25) is 0 Å². The number of para-hydroxylation sites is 1. The SMILES string of the molecule is C/C=C/c1ccccc1Oc1cc(Br)nc(C)n1. The van der Waals surface area contributed by atoms with Crippen LogP contribution < -0.4 is 4.74 Å². The van der Waals surface area contributed by atoms with E-state index in [9.17, 15) is 0 Å². The van der Waals surface area contributed by atoms with E-state index in [0.29, 0.717) is 16.3 Å². The van der Waals surface area contributed by atoms with Crippen LogP contribution in [0.5, 0.6) is 11.6 Å². The lowest BCUT2D eigenvalue weighted by Gasteiger charge is -2.08. The Balaban J connectivity index is 2.33. The van der Waals surface area contributed by atoms with Gasteiger partial charge in [-0.2, -0.15) is 4.98 Å². The van der Waals surface area contributed by atoms with Gasteiger partial charge in [-0.3, -0.25) is 0 Å². The molecule has 0 radical (unpaired) electrons. The predicted molar refractivity (Wildman–Crippen MR) is 75.7 cm³/mol.